The van der Waals surface area contributed by atoms with Crippen molar-refractivity contribution in [3.05, 3.63) is 59.7 Å². The van der Waals surface area contributed by atoms with Gasteiger partial charge in [-0.25, -0.2) is 4.79 Å². The molecule has 0 aliphatic heterocycles. The van der Waals surface area contributed by atoms with Gasteiger partial charge >= 0.3 is 12.1 Å². The van der Waals surface area contributed by atoms with Crippen molar-refractivity contribution in [2.45, 2.75) is 63.5 Å². The summed E-state index contributed by atoms with van der Waals surface area (Å²) in [5.41, 5.74) is 4.53. The van der Waals surface area contributed by atoms with E-state index in [4.69, 9.17) is 4.74 Å². The van der Waals surface area contributed by atoms with E-state index in [0.29, 0.717) is 6.42 Å². The van der Waals surface area contributed by atoms with Crippen LogP contribution in [0.2, 0.25) is 0 Å². The summed E-state index contributed by atoms with van der Waals surface area (Å²) in [6, 6.07) is 15.0. The molecule has 0 aromatic heterocycles. The summed E-state index contributed by atoms with van der Waals surface area (Å²) in [4.78, 5) is 36.8. The number of carbonyl (C=O) groups is 3. The number of carboxylic acids is 1. The Balaban J connectivity index is 1.36. The summed E-state index contributed by atoms with van der Waals surface area (Å²) < 4.78 is 5.57. The highest BCUT2D eigenvalue weighted by Crippen LogP contribution is 2.44. The lowest BCUT2D eigenvalue weighted by molar-refractivity contribution is -0.138. The van der Waals surface area contributed by atoms with Crippen LogP contribution in [0.4, 0.5) is 4.79 Å². The molecule has 7 heteroatoms. The predicted molar refractivity (Wildman–Crippen MR) is 128 cm³/mol. The first-order chi connectivity index (χ1) is 16.5. The molecule has 1 saturated carbocycles. The molecule has 2 aliphatic rings. The average molecular weight is 465 g/mol. The Hall–Kier alpha value is -3.35. The first kappa shape index (κ1) is 23.8. The van der Waals surface area contributed by atoms with Crippen molar-refractivity contribution in [2.24, 2.45) is 5.92 Å². The number of hydrogen-bond acceptors (Lipinski definition) is 4. The predicted octanol–water partition coefficient (Wildman–Crippen LogP) is 4.45. The fraction of sp³-hybridized carbons (Fsp3) is 0.444. The molecule has 2 unspecified atom stereocenters. The van der Waals surface area contributed by atoms with Crippen molar-refractivity contribution in [3.63, 3.8) is 0 Å². The van der Waals surface area contributed by atoms with Gasteiger partial charge < -0.3 is 20.5 Å². The van der Waals surface area contributed by atoms with E-state index in [1.807, 2.05) is 24.3 Å². The van der Waals surface area contributed by atoms with Crippen molar-refractivity contribution in [1.82, 2.24) is 10.6 Å². The van der Waals surface area contributed by atoms with Gasteiger partial charge in [0, 0.05) is 12.0 Å². The molecule has 2 aromatic rings. The van der Waals surface area contributed by atoms with Crippen LogP contribution in [0.3, 0.4) is 0 Å². The van der Waals surface area contributed by atoms with Gasteiger partial charge in [0.1, 0.15) is 12.6 Å². The number of ether oxygens (including phenoxy) is 1. The molecule has 0 radical (unpaired) electrons. The van der Waals surface area contributed by atoms with E-state index in [1.165, 1.54) is 0 Å². The minimum Gasteiger partial charge on any atom is -0.481 e. The number of hydrogen-bond donors (Lipinski definition) is 3. The van der Waals surface area contributed by atoms with Crippen LogP contribution in [-0.4, -0.2) is 41.8 Å². The Morgan fingerprint density at radius 3 is 2.12 bits per heavy atom. The van der Waals surface area contributed by atoms with Gasteiger partial charge in [-0.2, -0.15) is 0 Å². The van der Waals surface area contributed by atoms with Crippen LogP contribution in [-0.2, 0) is 14.3 Å². The van der Waals surface area contributed by atoms with Crippen LogP contribution in [0.5, 0.6) is 0 Å². The third-order valence-electron chi connectivity index (χ3n) is 7.05. The van der Waals surface area contributed by atoms with Crippen molar-refractivity contribution in [2.75, 3.05) is 6.61 Å². The Morgan fingerprint density at radius 1 is 0.971 bits per heavy atom. The minimum atomic E-state index is -0.935. The van der Waals surface area contributed by atoms with Crippen LogP contribution >= 0.6 is 0 Å². The lowest BCUT2D eigenvalue weighted by Crippen LogP contribution is -2.51. The maximum Gasteiger partial charge on any atom is 0.407 e. The van der Waals surface area contributed by atoms with Crippen molar-refractivity contribution in [3.8, 4) is 11.1 Å². The molecular formula is C27H32N2O5. The summed E-state index contributed by atoms with van der Waals surface area (Å²) in [6.07, 6.45) is 3.53. The first-order valence-electron chi connectivity index (χ1n) is 12.1. The average Bonchev–Trinajstić information content (AvgIpc) is 3.47. The van der Waals surface area contributed by atoms with Crippen LogP contribution in [0, 0.1) is 5.92 Å². The minimum absolute atomic E-state index is 0.0608. The van der Waals surface area contributed by atoms with E-state index < -0.39 is 24.1 Å². The van der Waals surface area contributed by atoms with E-state index in [0.717, 1.165) is 47.9 Å². The normalized spacial score (nSPS) is 16.9. The monoisotopic (exact) mass is 464 g/mol. The van der Waals surface area contributed by atoms with Gasteiger partial charge in [0.15, 0.2) is 0 Å². The van der Waals surface area contributed by atoms with Crippen LogP contribution in [0.1, 0.15) is 62.5 Å². The highest BCUT2D eigenvalue weighted by atomic mass is 16.5. The Morgan fingerprint density at radius 2 is 1.56 bits per heavy atom. The summed E-state index contributed by atoms with van der Waals surface area (Å²) in [5.74, 6) is -1.20. The molecular weight excluding hydrogens is 432 g/mol. The number of benzene rings is 2. The van der Waals surface area contributed by atoms with Gasteiger partial charge in [0.25, 0.3) is 0 Å². The number of rotatable bonds is 9. The van der Waals surface area contributed by atoms with Gasteiger partial charge in [-0.1, -0.05) is 68.3 Å². The first-order valence-corrected chi connectivity index (χ1v) is 12.1. The topological polar surface area (TPSA) is 105 Å². The van der Waals surface area contributed by atoms with Crippen molar-refractivity contribution < 1.29 is 24.2 Å². The van der Waals surface area contributed by atoms with E-state index >= 15 is 0 Å². The number of amides is 2. The molecule has 180 valence electrons. The quantitative estimate of drug-likeness (QED) is 0.508. The standard InChI is InChI=1S/C27H32N2O5/c1-2-23(26(32)28-24(15-25(30)31)17-9-3-4-10-17)29-27(33)34-16-22-20-13-7-5-11-18(20)19-12-6-8-14-21(19)22/h5-8,11-14,17,22-24H,2-4,9-10,15-16H2,1H3,(H,28,32)(H,29,33)(H,30,31). The largest absolute Gasteiger partial charge is 0.481 e. The number of nitrogens with one attached hydrogen (secondary N) is 2. The Bertz CT molecular complexity index is 1000. The second-order valence-electron chi connectivity index (χ2n) is 9.19. The Labute approximate surface area is 199 Å². The van der Waals surface area contributed by atoms with E-state index in [1.54, 1.807) is 6.92 Å². The maximum atomic E-state index is 12.9. The highest BCUT2D eigenvalue weighted by Gasteiger charge is 2.32. The highest BCUT2D eigenvalue weighted by molar-refractivity contribution is 5.86. The molecule has 4 rings (SSSR count). The molecule has 34 heavy (non-hydrogen) atoms. The van der Waals surface area contributed by atoms with E-state index in [9.17, 15) is 19.5 Å². The van der Waals surface area contributed by atoms with Crippen molar-refractivity contribution in [1.29, 1.82) is 0 Å². The number of carboxylic acid groups (broad SMARTS) is 1. The number of carbonyl (C=O) groups excluding carboxylic acids is 2. The molecule has 0 heterocycles. The molecule has 0 saturated heterocycles. The lowest BCUT2D eigenvalue weighted by atomic mass is 9.95. The van der Waals surface area contributed by atoms with Crippen LogP contribution in [0.25, 0.3) is 11.1 Å². The van der Waals surface area contributed by atoms with Gasteiger partial charge in [0.05, 0.1) is 6.42 Å². The molecule has 1 fully saturated rings. The third-order valence-corrected chi connectivity index (χ3v) is 7.05. The summed E-state index contributed by atoms with van der Waals surface area (Å²) >= 11 is 0. The number of fused-ring (bicyclic) bond motifs is 3. The molecule has 0 bridgehead atoms. The zero-order chi connectivity index (χ0) is 24.1. The fourth-order valence-electron chi connectivity index (χ4n) is 5.30. The fourth-order valence-corrected chi connectivity index (χ4v) is 5.30. The second-order valence-corrected chi connectivity index (χ2v) is 9.19. The van der Waals surface area contributed by atoms with Crippen LogP contribution < -0.4 is 10.6 Å². The molecule has 2 aliphatic carbocycles. The summed E-state index contributed by atoms with van der Waals surface area (Å²) in [5, 5.41) is 14.8. The SMILES string of the molecule is CCC(NC(=O)OCC1c2ccccc2-c2ccccc21)C(=O)NC(CC(=O)O)C1CCCC1. The zero-order valence-corrected chi connectivity index (χ0v) is 19.5. The van der Waals surface area contributed by atoms with Crippen LogP contribution in [0.15, 0.2) is 48.5 Å². The molecule has 0 spiro atoms. The Kier molecular flexibility index (Phi) is 7.50. The number of alkyl carbamates (subject to hydrolysis) is 1. The van der Waals surface area contributed by atoms with Gasteiger partial charge in [-0.15, -0.1) is 0 Å². The molecule has 2 aromatic carbocycles. The van der Waals surface area contributed by atoms with Gasteiger partial charge in [-0.3, -0.25) is 9.59 Å². The van der Waals surface area contributed by atoms with E-state index in [-0.39, 0.29) is 30.8 Å². The molecule has 3 N–H and O–H groups in total. The van der Waals surface area contributed by atoms with Gasteiger partial charge in [0.2, 0.25) is 5.91 Å². The van der Waals surface area contributed by atoms with Gasteiger partial charge in [-0.05, 0) is 47.4 Å². The molecule has 7 nitrogen and oxygen atoms in total. The second kappa shape index (κ2) is 10.7. The third kappa shape index (κ3) is 5.24. The zero-order valence-electron chi connectivity index (χ0n) is 19.5. The lowest BCUT2D eigenvalue weighted by Gasteiger charge is -2.26. The maximum absolute atomic E-state index is 12.9. The molecule has 2 atom stereocenters. The summed E-state index contributed by atoms with van der Waals surface area (Å²) in [6.45, 7) is 1.97. The number of aliphatic carboxylic acids is 1. The van der Waals surface area contributed by atoms with E-state index in [2.05, 4.69) is 34.9 Å². The summed E-state index contributed by atoms with van der Waals surface area (Å²) in [7, 11) is 0. The smallest absolute Gasteiger partial charge is 0.407 e. The van der Waals surface area contributed by atoms with Crippen molar-refractivity contribution >= 4 is 18.0 Å². The molecule has 2 amide bonds.